The minimum absolute atomic E-state index is 0.0134. The van der Waals surface area contributed by atoms with Crippen LogP contribution in [-0.2, 0) is 32.9 Å². The highest BCUT2D eigenvalue weighted by molar-refractivity contribution is 7.52. The number of esters is 2. The molecule has 0 spiro atoms. The van der Waals surface area contributed by atoms with Crippen molar-refractivity contribution in [1.82, 2.24) is 24.7 Å². The third-order valence-electron chi connectivity index (χ3n) is 6.59. The molecule has 1 aliphatic heterocycles. The van der Waals surface area contributed by atoms with Gasteiger partial charge in [0, 0.05) is 6.42 Å². The van der Waals surface area contributed by atoms with Crippen molar-refractivity contribution in [2.45, 2.75) is 63.6 Å². The summed E-state index contributed by atoms with van der Waals surface area (Å²) < 4.78 is 58.4. The zero-order valence-electron chi connectivity index (χ0n) is 23.8. The number of alkyl halides is 1. The third kappa shape index (κ3) is 7.46. The first-order valence-electron chi connectivity index (χ1n) is 13.5. The van der Waals surface area contributed by atoms with Crippen molar-refractivity contribution in [3.63, 3.8) is 0 Å². The van der Waals surface area contributed by atoms with Crippen LogP contribution in [0.1, 0.15) is 45.4 Å². The molecule has 3 aromatic rings. The molecule has 1 fully saturated rings. The Balaban J connectivity index is 1.56. The summed E-state index contributed by atoms with van der Waals surface area (Å²) in [6.07, 6.45) is -2.36. The Morgan fingerprint density at radius 1 is 1.23 bits per heavy atom. The van der Waals surface area contributed by atoms with Gasteiger partial charge in [-0.1, -0.05) is 18.2 Å². The Labute approximate surface area is 246 Å². The van der Waals surface area contributed by atoms with E-state index in [2.05, 4.69) is 20.2 Å². The number of rotatable bonds is 14. The minimum Gasteiger partial charge on any atom is -0.466 e. The lowest BCUT2D eigenvalue weighted by Crippen LogP contribution is -2.41. The third-order valence-corrected chi connectivity index (χ3v) is 8.15. The highest BCUT2D eigenvalue weighted by atomic mass is 31.2. The van der Waals surface area contributed by atoms with E-state index >= 15 is 4.39 Å². The zero-order valence-corrected chi connectivity index (χ0v) is 24.7. The lowest BCUT2D eigenvalue weighted by atomic mass is 9.93. The summed E-state index contributed by atoms with van der Waals surface area (Å²) in [6, 6.07) is 6.65. The molecule has 1 unspecified atom stereocenters. The molecule has 6 atom stereocenters. The fourth-order valence-corrected chi connectivity index (χ4v) is 6.01. The Kier molecular flexibility index (Phi) is 10.3. The van der Waals surface area contributed by atoms with Crippen molar-refractivity contribution in [2.75, 3.05) is 25.6 Å². The second-order valence-electron chi connectivity index (χ2n) is 9.69. The van der Waals surface area contributed by atoms with Gasteiger partial charge < -0.3 is 29.6 Å². The van der Waals surface area contributed by atoms with Gasteiger partial charge in [0.1, 0.15) is 36.4 Å². The number of carbonyl (C=O) groups is 2. The minimum atomic E-state index is -4.47. The molecule has 0 amide bonds. The van der Waals surface area contributed by atoms with Crippen LogP contribution in [0.2, 0.25) is 0 Å². The van der Waals surface area contributed by atoms with Crippen LogP contribution in [0.15, 0.2) is 42.9 Å². The standard InChI is InChI=1S/C26H34FN6O9P/c1-4-38-20(34)12-11-17(25(36)39-5-2)32-43(37,42-16-9-7-6-8-10-16)40-14-19-21(35)26(3,27)22(41-19)18-13-29-24-23(28)30-15-31-33(18)24/h6-10,13,15,17,19,21-22,35H,4-5,11-12,14H2,1-3H3,(H,32,37)(H2,28,30,31)/t17-,19+,21+,22-,26+,43?/m0/s1. The van der Waals surface area contributed by atoms with Gasteiger partial charge in [0.25, 0.3) is 0 Å². The molecule has 4 N–H and O–H groups in total. The number of fused-ring (bicyclic) bond motifs is 1. The number of aromatic nitrogens is 4. The van der Waals surface area contributed by atoms with E-state index < -0.39 is 56.3 Å². The molecular weight excluding hydrogens is 590 g/mol. The van der Waals surface area contributed by atoms with Gasteiger partial charge in [-0.2, -0.15) is 10.2 Å². The van der Waals surface area contributed by atoms with E-state index in [0.717, 1.165) is 6.92 Å². The van der Waals surface area contributed by atoms with Gasteiger partial charge in [0.2, 0.25) is 0 Å². The number of nitrogens with one attached hydrogen (secondary N) is 1. The summed E-state index contributed by atoms with van der Waals surface area (Å²) in [5, 5.41) is 17.5. The maximum absolute atomic E-state index is 15.9. The molecule has 1 aromatic carbocycles. The van der Waals surface area contributed by atoms with E-state index in [4.69, 9.17) is 29.0 Å². The quantitative estimate of drug-likeness (QED) is 0.174. The van der Waals surface area contributed by atoms with Crippen molar-refractivity contribution in [2.24, 2.45) is 0 Å². The van der Waals surface area contributed by atoms with Crippen molar-refractivity contribution in [1.29, 1.82) is 0 Å². The summed E-state index contributed by atoms with van der Waals surface area (Å²) in [5.41, 5.74) is 3.79. The van der Waals surface area contributed by atoms with Crippen LogP contribution in [0.4, 0.5) is 10.2 Å². The van der Waals surface area contributed by atoms with Gasteiger partial charge in [-0.15, -0.1) is 0 Å². The van der Waals surface area contributed by atoms with Crippen molar-refractivity contribution in [3.8, 4) is 5.75 Å². The highest BCUT2D eigenvalue weighted by Crippen LogP contribution is 2.49. The molecule has 0 bridgehead atoms. The second-order valence-corrected chi connectivity index (χ2v) is 11.4. The van der Waals surface area contributed by atoms with Crippen molar-refractivity contribution >= 4 is 31.2 Å². The smallest absolute Gasteiger partial charge is 0.459 e. The lowest BCUT2D eigenvalue weighted by molar-refractivity contribution is -0.146. The van der Waals surface area contributed by atoms with Gasteiger partial charge in [0.05, 0.1) is 31.7 Å². The van der Waals surface area contributed by atoms with E-state index in [9.17, 15) is 19.3 Å². The number of aliphatic hydroxyl groups excluding tert-OH is 1. The number of hydrogen-bond acceptors (Lipinski definition) is 13. The van der Waals surface area contributed by atoms with Crippen LogP contribution in [-0.4, -0.2) is 80.4 Å². The molecule has 4 rings (SSSR count). The van der Waals surface area contributed by atoms with Crippen molar-refractivity contribution in [3.05, 3.63) is 48.5 Å². The Bertz CT molecular complexity index is 1460. The number of carbonyl (C=O) groups excluding carboxylic acids is 2. The van der Waals surface area contributed by atoms with Crippen LogP contribution in [0.5, 0.6) is 5.75 Å². The summed E-state index contributed by atoms with van der Waals surface area (Å²) in [6.45, 7) is 3.89. The van der Waals surface area contributed by atoms with Gasteiger partial charge in [0.15, 0.2) is 17.1 Å². The van der Waals surface area contributed by atoms with Crippen LogP contribution in [0, 0.1) is 0 Å². The Morgan fingerprint density at radius 2 is 1.95 bits per heavy atom. The Morgan fingerprint density at radius 3 is 2.65 bits per heavy atom. The topological polar surface area (TPSA) is 199 Å². The average Bonchev–Trinajstić information content (AvgIpc) is 3.49. The summed E-state index contributed by atoms with van der Waals surface area (Å²) in [5.74, 6) is -1.21. The number of hydrogen-bond donors (Lipinski definition) is 3. The number of anilines is 1. The first kappa shape index (κ1) is 32.2. The summed E-state index contributed by atoms with van der Waals surface area (Å²) >= 11 is 0. The maximum atomic E-state index is 15.9. The molecule has 234 valence electrons. The predicted octanol–water partition coefficient (Wildman–Crippen LogP) is 2.30. The maximum Gasteiger partial charge on any atom is 0.459 e. The molecule has 1 aliphatic rings. The van der Waals surface area contributed by atoms with Gasteiger partial charge in [-0.3, -0.25) is 14.1 Å². The van der Waals surface area contributed by atoms with Gasteiger partial charge >= 0.3 is 19.7 Å². The number of nitrogen functional groups attached to an aromatic ring is 1. The number of halogens is 1. The monoisotopic (exact) mass is 624 g/mol. The molecule has 1 saturated heterocycles. The first-order valence-corrected chi connectivity index (χ1v) is 15.1. The molecule has 0 aliphatic carbocycles. The fraction of sp³-hybridized carbons (Fsp3) is 0.500. The predicted molar refractivity (Wildman–Crippen MR) is 148 cm³/mol. The SMILES string of the molecule is CCOC(=O)CC[C@H](NP(=O)(OC[C@H]1O[C@@H](c2cnc3c(N)ncnn23)[C@](C)(F)[C@@H]1O)Oc1ccccc1)C(=O)OCC. The number of imidazole rings is 1. The number of nitrogens with zero attached hydrogens (tertiary/aromatic N) is 4. The van der Waals surface area contributed by atoms with Crippen molar-refractivity contribution < 1.29 is 46.9 Å². The molecule has 0 radical (unpaired) electrons. The Hall–Kier alpha value is -3.69. The molecule has 17 heteroatoms. The van der Waals surface area contributed by atoms with Crippen LogP contribution >= 0.6 is 7.75 Å². The average molecular weight is 625 g/mol. The van der Waals surface area contributed by atoms with Crippen LogP contribution < -0.4 is 15.3 Å². The van der Waals surface area contributed by atoms with E-state index in [1.54, 1.807) is 32.0 Å². The van der Waals surface area contributed by atoms with Gasteiger partial charge in [-0.05, 0) is 39.3 Å². The second kappa shape index (κ2) is 13.7. The zero-order chi connectivity index (χ0) is 31.2. The largest absolute Gasteiger partial charge is 0.466 e. The molecule has 0 saturated carbocycles. The van der Waals surface area contributed by atoms with Gasteiger partial charge in [-0.25, -0.2) is 23.4 Å². The highest BCUT2D eigenvalue weighted by Gasteiger charge is 2.56. The lowest BCUT2D eigenvalue weighted by Gasteiger charge is -2.26. The molecular formula is C26H34FN6O9P. The van der Waals surface area contributed by atoms with E-state index in [1.165, 1.54) is 29.2 Å². The number of ether oxygens (including phenoxy) is 3. The first-order chi connectivity index (χ1) is 20.5. The fourth-order valence-electron chi connectivity index (χ4n) is 4.47. The number of aliphatic hydroxyl groups is 1. The number of para-hydroxylation sites is 1. The molecule has 15 nitrogen and oxygen atoms in total. The summed E-state index contributed by atoms with van der Waals surface area (Å²) in [4.78, 5) is 32.7. The summed E-state index contributed by atoms with van der Waals surface area (Å²) in [7, 11) is -4.47. The molecule has 3 heterocycles. The van der Waals surface area contributed by atoms with E-state index in [1.807, 2.05) is 0 Å². The number of benzene rings is 1. The number of nitrogens with two attached hydrogens (primary N) is 1. The molecule has 43 heavy (non-hydrogen) atoms. The normalized spacial score (nSPS) is 23.9. The van der Waals surface area contributed by atoms with E-state index in [-0.39, 0.29) is 49.0 Å². The van der Waals surface area contributed by atoms with Crippen LogP contribution in [0.25, 0.3) is 5.65 Å². The molecule has 2 aromatic heterocycles. The van der Waals surface area contributed by atoms with Crippen LogP contribution in [0.3, 0.4) is 0 Å². The van der Waals surface area contributed by atoms with E-state index in [0.29, 0.717) is 0 Å².